The molecule has 19 heavy (non-hydrogen) atoms. The van der Waals surface area contributed by atoms with Gasteiger partial charge in [-0.2, -0.15) is 0 Å². The van der Waals surface area contributed by atoms with Crippen LogP contribution in [0.5, 0.6) is 0 Å². The Bertz CT molecular complexity index is 321. The van der Waals surface area contributed by atoms with Crippen LogP contribution in [0.1, 0.15) is 51.9 Å². The number of carbonyl (C=O) groups is 2. The van der Waals surface area contributed by atoms with E-state index in [1.807, 2.05) is 6.92 Å². The van der Waals surface area contributed by atoms with Crippen molar-refractivity contribution in [2.24, 2.45) is 0 Å². The average Bonchev–Trinajstić information content (AvgIpc) is 2.73. The minimum Gasteiger partial charge on any atom is -0.356 e. The van der Waals surface area contributed by atoms with Crippen molar-refractivity contribution in [3.8, 4) is 0 Å². The van der Waals surface area contributed by atoms with Gasteiger partial charge in [0.1, 0.15) is 0 Å². The summed E-state index contributed by atoms with van der Waals surface area (Å²) in [5.41, 5.74) is 0. The van der Waals surface area contributed by atoms with E-state index >= 15 is 0 Å². The van der Waals surface area contributed by atoms with E-state index in [-0.39, 0.29) is 11.8 Å². The standard InChI is InChI=1S/C14H25N3O2/c1-2-7-15-13(18)5-6-14(19)17-12-8-10-3-4-11(9-12)16-10/h10-12,16H,2-9H2,1H3,(H,15,18)(H,17,19). The highest BCUT2D eigenvalue weighted by Gasteiger charge is 2.33. The molecule has 0 aromatic carbocycles. The summed E-state index contributed by atoms with van der Waals surface area (Å²) in [5, 5.41) is 9.41. The van der Waals surface area contributed by atoms with Crippen LogP contribution in [-0.4, -0.2) is 36.5 Å². The van der Waals surface area contributed by atoms with Crippen molar-refractivity contribution in [1.29, 1.82) is 0 Å². The normalized spacial score (nSPS) is 29.0. The largest absolute Gasteiger partial charge is 0.356 e. The van der Waals surface area contributed by atoms with E-state index in [4.69, 9.17) is 0 Å². The smallest absolute Gasteiger partial charge is 0.220 e. The maximum absolute atomic E-state index is 11.8. The van der Waals surface area contributed by atoms with Crippen molar-refractivity contribution >= 4 is 11.8 Å². The van der Waals surface area contributed by atoms with Gasteiger partial charge in [-0.15, -0.1) is 0 Å². The summed E-state index contributed by atoms with van der Waals surface area (Å²) >= 11 is 0. The fourth-order valence-electron chi connectivity index (χ4n) is 3.05. The van der Waals surface area contributed by atoms with Gasteiger partial charge in [0.05, 0.1) is 0 Å². The number of rotatable bonds is 6. The van der Waals surface area contributed by atoms with Crippen molar-refractivity contribution in [3.05, 3.63) is 0 Å². The second kappa shape index (κ2) is 6.89. The zero-order valence-electron chi connectivity index (χ0n) is 11.7. The van der Waals surface area contributed by atoms with Crippen LogP contribution in [0.25, 0.3) is 0 Å². The Morgan fingerprint density at radius 2 is 1.74 bits per heavy atom. The van der Waals surface area contributed by atoms with E-state index in [0.717, 1.165) is 19.3 Å². The lowest BCUT2D eigenvalue weighted by molar-refractivity contribution is -0.126. The molecule has 0 aromatic heterocycles. The van der Waals surface area contributed by atoms with Crippen molar-refractivity contribution in [2.75, 3.05) is 6.54 Å². The van der Waals surface area contributed by atoms with Crippen molar-refractivity contribution < 1.29 is 9.59 Å². The van der Waals surface area contributed by atoms with Gasteiger partial charge in [-0.05, 0) is 32.1 Å². The lowest BCUT2D eigenvalue weighted by Crippen LogP contribution is -2.48. The number of amides is 2. The average molecular weight is 267 g/mol. The van der Waals surface area contributed by atoms with E-state index in [2.05, 4.69) is 16.0 Å². The fourth-order valence-corrected chi connectivity index (χ4v) is 3.05. The van der Waals surface area contributed by atoms with Gasteiger partial charge in [-0.25, -0.2) is 0 Å². The van der Waals surface area contributed by atoms with Crippen molar-refractivity contribution in [3.63, 3.8) is 0 Å². The van der Waals surface area contributed by atoms with Gasteiger partial charge < -0.3 is 16.0 Å². The minimum absolute atomic E-state index is 0.0120. The maximum atomic E-state index is 11.8. The first-order valence-corrected chi connectivity index (χ1v) is 7.49. The zero-order chi connectivity index (χ0) is 13.7. The number of piperidine rings is 1. The Kier molecular flexibility index (Phi) is 5.19. The molecule has 2 fully saturated rings. The Labute approximate surface area is 114 Å². The van der Waals surface area contributed by atoms with Crippen LogP contribution in [0.2, 0.25) is 0 Å². The molecular formula is C14H25N3O2. The van der Waals surface area contributed by atoms with Gasteiger partial charge >= 0.3 is 0 Å². The third-order valence-corrected chi connectivity index (χ3v) is 3.99. The predicted octanol–water partition coefficient (Wildman–Crippen LogP) is 0.692. The quantitative estimate of drug-likeness (QED) is 0.663. The van der Waals surface area contributed by atoms with E-state index in [1.54, 1.807) is 0 Å². The lowest BCUT2D eigenvalue weighted by Gasteiger charge is -2.29. The van der Waals surface area contributed by atoms with E-state index in [9.17, 15) is 9.59 Å². The highest BCUT2D eigenvalue weighted by Crippen LogP contribution is 2.26. The van der Waals surface area contributed by atoms with Gasteiger partial charge in [-0.3, -0.25) is 9.59 Å². The Hall–Kier alpha value is -1.10. The minimum atomic E-state index is -0.0256. The number of carbonyl (C=O) groups excluding carboxylic acids is 2. The Balaban J connectivity index is 1.63. The second-order valence-electron chi connectivity index (χ2n) is 5.72. The summed E-state index contributed by atoms with van der Waals surface area (Å²) < 4.78 is 0. The molecular weight excluding hydrogens is 242 g/mol. The molecule has 108 valence electrons. The molecule has 2 rings (SSSR count). The van der Waals surface area contributed by atoms with Crippen LogP contribution in [-0.2, 0) is 9.59 Å². The van der Waals surface area contributed by atoms with Gasteiger partial charge in [0.2, 0.25) is 11.8 Å². The SMILES string of the molecule is CCCNC(=O)CCC(=O)NC1CC2CCC(C1)N2. The molecule has 5 heteroatoms. The second-order valence-corrected chi connectivity index (χ2v) is 5.72. The molecule has 0 spiro atoms. The van der Waals surface area contributed by atoms with Gasteiger partial charge in [0.25, 0.3) is 0 Å². The molecule has 0 radical (unpaired) electrons. The van der Waals surface area contributed by atoms with Crippen LogP contribution >= 0.6 is 0 Å². The summed E-state index contributed by atoms with van der Waals surface area (Å²) in [5.74, 6) is -0.0136. The van der Waals surface area contributed by atoms with E-state index < -0.39 is 0 Å². The fraction of sp³-hybridized carbons (Fsp3) is 0.857. The first-order valence-electron chi connectivity index (χ1n) is 7.49. The highest BCUT2D eigenvalue weighted by atomic mass is 16.2. The first kappa shape index (κ1) is 14.3. The van der Waals surface area contributed by atoms with Crippen LogP contribution < -0.4 is 16.0 Å². The molecule has 0 saturated carbocycles. The molecule has 0 aliphatic carbocycles. The summed E-state index contributed by atoms with van der Waals surface area (Å²) in [6.07, 6.45) is 6.05. The first-order chi connectivity index (χ1) is 9.17. The van der Waals surface area contributed by atoms with Crippen molar-refractivity contribution in [1.82, 2.24) is 16.0 Å². The molecule has 2 heterocycles. The van der Waals surface area contributed by atoms with E-state index in [1.165, 1.54) is 12.8 Å². The number of hydrogen-bond donors (Lipinski definition) is 3. The molecule has 2 atom stereocenters. The van der Waals surface area contributed by atoms with Crippen LogP contribution in [0.3, 0.4) is 0 Å². The summed E-state index contributed by atoms with van der Waals surface area (Å²) in [4.78, 5) is 23.2. The Morgan fingerprint density at radius 1 is 1.11 bits per heavy atom. The molecule has 2 bridgehead atoms. The maximum Gasteiger partial charge on any atom is 0.220 e. The third kappa shape index (κ3) is 4.49. The molecule has 2 aliphatic heterocycles. The summed E-state index contributed by atoms with van der Waals surface area (Å²) in [7, 11) is 0. The highest BCUT2D eigenvalue weighted by molar-refractivity contribution is 5.83. The molecule has 2 aliphatic rings. The molecule has 5 nitrogen and oxygen atoms in total. The number of nitrogens with one attached hydrogen (secondary N) is 3. The van der Waals surface area contributed by atoms with Crippen LogP contribution in [0.4, 0.5) is 0 Å². The monoisotopic (exact) mass is 267 g/mol. The van der Waals surface area contributed by atoms with Crippen LogP contribution in [0.15, 0.2) is 0 Å². The Morgan fingerprint density at radius 3 is 2.37 bits per heavy atom. The third-order valence-electron chi connectivity index (χ3n) is 3.99. The summed E-state index contributed by atoms with van der Waals surface area (Å²) in [6, 6.07) is 1.46. The van der Waals surface area contributed by atoms with E-state index in [0.29, 0.717) is 37.5 Å². The van der Waals surface area contributed by atoms with Gasteiger partial charge in [0, 0.05) is 37.5 Å². The molecule has 0 aromatic rings. The topological polar surface area (TPSA) is 70.2 Å². The lowest BCUT2D eigenvalue weighted by atomic mass is 9.99. The predicted molar refractivity (Wildman–Crippen MR) is 73.6 cm³/mol. The van der Waals surface area contributed by atoms with Gasteiger partial charge in [-0.1, -0.05) is 6.92 Å². The molecule has 2 amide bonds. The molecule has 2 saturated heterocycles. The number of fused-ring (bicyclic) bond motifs is 2. The zero-order valence-corrected chi connectivity index (χ0v) is 11.7. The van der Waals surface area contributed by atoms with Crippen LogP contribution in [0, 0.1) is 0 Å². The van der Waals surface area contributed by atoms with Gasteiger partial charge in [0.15, 0.2) is 0 Å². The number of hydrogen-bond acceptors (Lipinski definition) is 3. The molecule has 3 N–H and O–H groups in total. The molecule has 2 unspecified atom stereocenters. The summed E-state index contributed by atoms with van der Waals surface area (Å²) in [6.45, 7) is 2.70. The van der Waals surface area contributed by atoms with Crippen molar-refractivity contribution in [2.45, 2.75) is 70.0 Å².